The van der Waals surface area contributed by atoms with Crippen molar-refractivity contribution < 1.29 is 17.9 Å². The first-order valence-electron chi connectivity index (χ1n) is 13.4. The number of hydrogen-bond acceptors (Lipinski definition) is 1. The Morgan fingerprint density at radius 1 is 0.758 bits per heavy atom. The Morgan fingerprint density at radius 2 is 1.27 bits per heavy atom. The van der Waals surface area contributed by atoms with E-state index in [0.717, 1.165) is 49.4 Å². The van der Waals surface area contributed by atoms with Crippen molar-refractivity contribution in [1.29, 1.82) is 0 Å². The van der Waals surface area contributed by atoms with Crippen LogP contribution >= 0.6 is 0 Å². The fourth-order valence-corrected chi connectivity index (χ4v) is 7.17. The van der Waals surface area contributed by atoms with Crippen LogP contribution in [0.2, 0.25) is 0 Å². The van der Waals surface area contributed by atoms with E-state index in [-0.39, 0.29) is 18.3 Å². The summed E-state index contributed by atoms with van der Waals surface area (Å²) in [5.74, 6) is 2.52. The molecule has 0 atom stereocenters. The van der Waals surface area contributed by atoms with E-state index < -0.39 is 11.6 Å². The van der Waals surface area contributed by atoms with E-state index in [9.17, 15) is 13.2 Å². The zero-order chi connectivity index (χ0) is 23.2. The Hall–Kier alpha value is -1.45. The topological polar surface area (TPSA) is 9.23 Å². The highest BCUT2D eigenvalue weighted by atomic mass is 19.2. The molecule has 0 saturated heterocycles. The molecule has 3 saturated carbocycles. The van der Waals surface area contributed by atoms with Gasteiger partial charge < -0.3 is 4.74 Å². The predicted molar refractivity (Wildman–Crippen MR) is 128 cm³/mol. The largest absolute Gasteiger partial charge is 0.491 e. The zero-order valence-corrected chi connectivity index (χ0v) is 20.2. The molecule has 33 heavy (non-hydrogen) atoms. The SMILES string of the molecule is CCOc1ccc(C2CCC(C3CCC(C4CCC(C=CCF)CC4)CC3)CC2)c(F)c1F. The van der Waals surface area contributed by atoms with E-state index in [1.54, 1.807) is 25.1 Å². The minimum atomic E-state index is -0.831. The Kier molecular flexibility index (Phi) is 8.82. The number of benzene rings is 1. The van der Waals surface area contributed by atoms with Crippen LogP contribution in [0.3, 0.4) is 0 Å². The second-order valence-corrected chi connectivity index (χ2v) is 10.8. The van der Waals surface area contributed by atoms with Crippen LogP contribution in [-0.4, -0.2) is 13.3 Å². The molecule has 1 aromatic rings. The summed E-state index contributed by atoms with van der Waals surface area (Å²) in [6.45, 7) is 1.78. The first kappa shape index (κ1) is 24.7. The van der Waals surface area contributed by atoms with Gasteiger partial charge in [-0.15, -0.1) is 0 Å². The molecular formula is C29H41F3O. The van der Waals surface area contributed by atoms with Crippen molar-refractivity contribution in [3.05, 3.63) is 41.5 Å². The molecule has 0 N–H and O–H groups in total. The maximum Gasteiger partial charge on any atom is 0.200 e. The average Bonchev–Trinajstić information content (AvgIpc) is 2.86. The van der Waals surface area contributed by atoms with Gasteiger partial charge >= 0.3 is 0 Å². The molecule has 184 valence electrons. The molecule has 3 aliphatic rings. The van der Waals surface area contributed by atoms with Crippen LogP contribution in [0.5, 0.6) is 5.75 Å². The van der Waals surface area contributed by atoms with Crippen LogP contribution in [0, 0.1) is 41.2 Å². The first-order chi connectivity index (χ1) is 16.1. The van der Waals surface area contributed by atoms with Crippen molar-refractivity contribution in [3.63, 3.8) is 0 Å². The second-order valence-electron chi connectivity index (χ2n) is 10.8. The van der Waals surface area contributed by atoms with Crippen LogP contribution in [0.4, 0.5) is 13.2 Å². The molecule has 4 heteroatoms. The average molecular weight is 463 g/mol. The molecule has 0 bridgehead atoms. The van der Waals surface area contributed by atoms with Gasteiger partial charge in [0.25, 0.3) is 0 Å². The molecule has 0 heterocycles. The summed E-state index contributed by atoms with van der Waals surface area (Å²) in [7, 11) is 0. The lowest BCUT2D eigenvalue weighted by atomic mass is 9.64. The monoisotopic (exact) mass is 462 g/mol. The smallest absolute Gasteiger partial charge is 0.200 e. The van der Waals surface area contributed by atoms with Crippen molar-refractivity contribution in [2.75, 3.05) is 13.3 Å². The summed E-state index contributed by atoms with van der Waals surface area (Å²) in [5, 5.41) is 0. The Balaban J connectivity index is 1.23. The van der Waals surface area contributed by atoms with Gasteiger partial charge in [0.15, 0.2) is 11.6 Å². The van der Waals surface area contributed by atoms with E-state index in [0.29, 0.717) is 18.1 Å². The molecule has 0 aliphatic heterocycles. The van der Waals surface area contributed by atoms with Crippen LogP contribution in [0.1, 0.15) is 95.5 Å². The highest BCUT2D eigenvalue weighted by Gasteiger charge is 2.35. The van der Waals surface area contributed by atoms with Gasteiger partial charge in [0.2, 0.25) is 5.82 Å². The minimum Gasteiger partial charge on any atom is -0.491 e. The molecular weight excluding hydrogens is 421 g/mol. The predicted octanol–water partition coefficient (Wildman–Crippen LogP) is 8.78. The quantitative estimate of drug-likeness (QED) is 0.368. The lowest BCUT2D eigenvalue weighted by Crippen LogP contribution is -2.29. The molecule has 3 aliphatic carbocycles. The normalized spacial score (nSPS) is 33.3. The first-order valence-corrected chi connectivity index (χ1v) is 13.4. The fourth-order valence-electron chi connectivity index (χ4n) is 7.17. The third-order valence-corrected chi connectivity index (χ3v) is 9.05. The second kappa shape index (κ2) is 11.8. The number of rotatable bonds is 7. The highest BCUT2D eigenvalue weighted by molar-refractivity contribution is 5.33. The van der Waals surface area contributed by atoms with Gasteiger partial charge in [-0.3, -0.25) is 0 Å². The van der Waals surface area contributed by atoms with Crippen molar-refractivity contribution in [3.8, 4) is 5.75 Å². The van der Waals surface area contributed by atoms with Crippen molar-refractivity contribution >= 4 is 0 Å². The lowest BCUT2D eigenvalue weighted by Gasteiger charge is -2.41. The summed E-state index contributed by atoms with van der Waals surface area (Å²) in [6, 6.07) is 3.33. The van der Waals surface area contributed by atoms with Crippen LogP contribution < -0.4 is 4.74 Å². The van der Waals surface area contributed by atoms with E-state index in [1.807, 2.05) is 0 Å². The molecule has 0 spiro atoms. The van der Waals surface area contributed by atoms with Gasteiger partial charge in [-0.05, 0) is 131 Å². The summed E-state index contributed by atoms with van der Waals surface area (Å²) in [4.78, 5) is 0. The standard InChI is InChI=1S/C29H41F3O/c1-2-33-27-18-17-26(28(31)29(27)32)25-15-13-24(14-16-25)23-11-9-22(10-12-23)21-7-5-20(6-8-21)4-3-19-30/h3-4,17-18,20-25H,2,5-16,19H2,1H3. The highest BCUT2D eigenvalue weighted by Crippen LogP contribution is 2.47. The maximum atomic E-state index is 14.7. The Bertz CT molecular complexity index is 767. The molecule has 4 rings (SSSR count). The Labute approximate surface area is 198 Å². The molecule has 0 amide bonds. The van der Waals surface area contributed by atoms with Gasteiger partial charge in [-0.1, -0.05) is 18.2 Å². The molecule has 1 nitrogen and oxygen atoms in total. The Morgan fingerprint density at radius 3 is 1.79 bits per heavy atom. The molecule has 0 unspecified atom stereocenters. The van der Waals surface area contributed by atoms with Crippen LogP contribution in [0.25, 0.3) is 0 Å². The van der Waals surface area contributed by atoms with Gasteiger partial charge in [-0.2, -0.15) is 4.39 Å². The molecule has 0 radical (unpaired) electrons. The molecule has 0 aromatic heterocycles. The maximum absolute atomic E-state index is 14.7. The van der Waals surface area contributed by atoms with E-state index in [2.05, 4.69) is 6.08 Å². The number of hydrogen-bond donors (Lipinski definition) is 0. The number of allylic oxidation sites excluding steroid dienone is 2. The number of ether oxygens (including phenoxy) is 1. The third-order valence-electron chi connectivity index (χ3n) is 9.05. The van der Waals surface area contributed by atoms with Crippen molar-refractivity contribution in [2.24, 2.45) is 29.6 Å². The summed E-state index contributed by atoms with van der Waals surface area (Å²) >= 11 is 0. The van der Waals surface area contributed by atoms with E-state index >= 15 is 0 Å². The number of halogens is 3. The van der Waals surface area contributed by atoms with Crippen molar-refractivity contribution in [2.45, 2.75) is 89.9 Å². The number of alkyl halides is 1. The van der Waals surface area contributed by atoms with E-state index in [1.165, 1.54) is 51.4 Å². The zero-order valence-electron chi connectivity index (χ0n) is 20.2. The van der Waals surface area contributed by atoms with Gasteiger partial charge in [0, 0.05) is 0 Å². The summed E-state index contributed by atoms with van der Waals surface area (Å²) in [5.41, 5.74) is 0.537. The molecule has 1 aromatic carbocycles. The van der Waals surface area contributed by atoms with Crippen LogP contribution in [-0.2, 0) is 0 Å². The molecule has 3 fully saturated rings. The minimum absolute atomic E-state index is 0.0221. The van der Waals surface area contributed by atoms with Gasteiger partial charge in [-0.25, -0.2) is 8.78 Å². The van der Waals surface area contributed by atoms with Crippen molar-refractivity contribution in [1.82, 2.24) is 0 Å². The third kappa shape index (κ3) is 5.98. The van der Waals surface area contributed by atoms with E-state index in [4.69, 9.17) is 4.74 Å². The van der Waals surface area contributed by atoms with Crippen LogP contribution in [0.15, 0.2) is 24.3 Å². The van der Waals surface area contributed by atoms with Gasteiger partial charge in [0.1, 0.15) is 6.67 Å². The lowest BCUT2D eigenvalue weighted by molar-refractivity contribution is 0.114. The van der Waals surface area contributed by atoms with Gasteiger partial charge in [0.05, 0.1) is 6.61 Å². The summed E-state index contributed by atoms with van der Waals surface area (Å²) < 4.78 is 46.5. The summed E-state index contributed by atoms with van der Waals surface area (Å²) in [6.07, 6.45) is 18.5. The fraction of sp³-hybridized carbons (Fsp3) is 0.724.